The zero-order valence-electron chi connectivity index (χ0n) is 6.97. The van der Waals surface area contributed by atoms with E-state index in [0.717, 1.165) is 14.5 Å². The molecular formula is C9H5Cl2IN2. The van der Waals surface area contributed by atoms with Gasteiger partial charge in [0.2, 0.25) is 0 Å². The van der Waals surface area contributed by atoms with Crippen molar-refractivity contribution in [2.45, 2.75) is 5.88 Å². The summed E-state index contributed by atoms with van der Waals surface area (Å²) in [5, 5.41) is 1.32. The fourth-order valence-electron chi connectivity index (χ4n) is 1.17. The van der Waals surface area contributed by atoms with Gasteiger partial charge in [0, 0.05) is 8.96 Å². The van der Waals surface area contributed by atoms with Gasteiger partial charge in [-0.1, -0.05) is 11.6 Å². The van der Waals surface area contributed by atoms with E-state index in [9.17, 15) is 0 Å². The first-order valence-corrected chi connectivity index (χ1v) is 5.87. The van der Waals surface area contributed by atoms with Crippen molar-refractivity contribution in [2.24, 2.45) is 0 Å². The first kappa shape index (κ1) is 10.4. The van der Waals surface area contributed by atoms with Gasteiger partial charge in [-0.05, 0) is 40.8 Å². The van der Waals surface area contributed by atoms with Gasteiger partial charge in [-0.15, -0.1) is 11.6 Å². The van der Waals surface area contributed by atoms with Crippen molar-refractivity contribution in [1.82, 2.24) is 9.97 Å². The number of halogens is 3. The van der Waals surface area contributed by atoms with Crippen LogP contribution >= 0.6 is 45.8 Å². The molecule has 0 aliphatic carbocycles. The topological polar surface area (TPSA) is 25.8 Å². The predicted molar refractivity (Wildman–Crippen MR) is 66.8 cm³/mol. The summed E-state index contributed by atoms with van der Waals surface area (Å²) in [7, 11) is 0. The van der Waals surface area contributed by atoms with Gasteiger partial charge in [0.25, 0.3) is 0 Å². The summed E-state index contributed by atoms with van der Waals surface area (Å²) in [5.74, 6) is 0.840. The van der Waals surface area contributed by atoms with Crippen molar-refractivity contribution in [3.8, 4) is 0 Å². The fourth-order valence-corrected chi connectivity index (χ4v) is 2.02. The molecule has 0 spiro atoms. The highest BCUT2D eigenvalue weighted by atomic mass is 127. The Labute approximate surface area is 105 Å². The molecule has 0 N–H and O–H groups in total. The number of hydrogen-bond acceptors (Lipinski definition) is 2. The highest BCUT2D eigenvalue weighted by Crippen LogP contribution is 2.22. The monoisotopic (exact) mass is 338 g/mol. The molecular weight excluding hydrogens is 334 g/mol. The highest BCUT2D eigenvalue weighted by molar-refractivity contribution is 14.1. The van der Waals surface area contributed by atoms with Crippen LogP contribution in [-0.4, -0.2) is 9.97 Å². The number of hydrogen-bond donors (Lipinski definition) is 0. The van der Waals surface area contributed by atoms with Crippen molar-refractivity contribution >= 4 is 56.7 Å². The van der Waals surface area contributed by atoms with Crippen molar-refractivity contribution < 1.29 is 0 Å². The van der Waals surface area contributed by atoms with Crippen molar-refractivity contribution in [2.75, 3.05) is 0 Å². The Morgan fingerprint density at radius 2 is 2.07 bits per heavy atom. The van der Waals surface area contributed by atoms with Crippen LogP contribution in [0, 0.1) is 3.57 Å². The zero-order valence-corrected chi connectivity index (χ0v) is 10.6. The average molecular weight is 339 g/mol. The minimum absolute atomic E-state index is 0.279. The molecule has 0 amide bonds. The molecule has 2 nitrogen and oxygen atoms in total. The first-order valence-electron chi connectivity index (χ1n) is 3.88. The molecule has 2 aromatic rings. The number of alkyl halides is 1. The van der Waals surface area contributed by atoms with Crippen LogP contribution in [0.1, 0.15) is 5.82 Å². The number of rotatable bonds is 1. The maximum absolute atomic E-state index is 5.98. The summed E-state index contributed by atoms with van der Waals surface area (Å²) in [5.41, 5.74) is 0.840. The van der Waals surface area contributed by atoms with E-state index < -0.39 is 0 Å². The Bertz CT molecular complexity index is 487. The Morgan fingerprint density at radius 3 is 2.79 bits per heavy atom. The number of fused-ring (bicyclic) bond motifs is 1. The molecule has 0 atom stereocenters. The molecule has 0 radical (unpaired) electrons. The largest absolute Gasteiger partial charge is 0.231 e. The van der Waals surface area contributed by atoms with Gasteiger partial charge in [-0.2, -0.15) is 0 Å². The average Bonchev–Trinajstić information content (AvgIpc) is 2.16. The molecule has 1 heterocycles. The van der Waals surface area contributed by atoms with Crippen LogP contribution in [0.2, 0.25) is 5.15 Å². The summed E-state index contributed by atoms with van der Waals surface area (Å²) in [6.07, 6.45) is 0. The van der Waals surface area contributed by atoms with Gasteiger partial charge in [0.05, 0.1) is 11.4 Å². The molecule has 0 unspecified atom stereocenters. The molecule has 0 aliphatic rings. The number of aromatic nitrogens is 2. The Morgan fingerprint density at radius 1 is 1.29 bits per heavy atom. The normalized spacial score (nSPS) is 10.8. The van der Waals surface area contributed by atoms with Gasteiger partial charge >= 0.3 is 0 Å². The summed E-state index contributed by atoms with van der Waals surface area (Å²) < 4.78 is 1.12. The minimum atomic E-state index is 0.279. The van der Waals surface area contributed by atoms with Crippen molar-refractivity contribution in [3.05, 3.63) is 32.7 Å². The molecule has 1 aromatic carbocycles. The van der Waals surface area contributed by atoms with Crippen LogP contribution in [-0.2, 0) is 5.88 Å². The maximum Gasteiger partial charge on any atom is 0.145 e. The molecule has 2 rings (SSSR count). The molecule has 72 valence electrons. The number of nitrogens with zero attached hydrogens (tertiary/aromatic N) is 2. The fraction of sp³-hybridized carbons (Fsp3) is 0.111. The molecule has 0 saturated carbocycles. The third-order valence-electron chi connectivity index (χ3n) is 1.78. The molecule has 0 bridgehead atoms. The lowest BCUT2D eigenvalue weighted by Crippen LogP contribution is -1.93. The lowest BCUT2D eigenvalue weighted by Gasteiger charge is -2.02. The summed E-state index contributed by atoms with van der Waals surface area (Å²) in [4.78, 5) is 8.35. The van der Waals surface area contributed by atoms with Crippen LogP contribution in [0.25, 0.3) is 10.9 Å². The predicted octanol–water partition coefficient (Wildman–Crippen LogP) is 3.63. The maximum atomic E-state index is 5.98. The lowest BCUT2D eigenvalue weighted by atomic mass is 10.2. The van der Waals surface area contributed by atoms with Crippen molar-refractivity contribution in [3.63, 3.8) is 0 Å². The van der Waals surface area contributed by atoms with Crippen molar-refractivity contribution in [1.29, 1.82) is 0 Å². The smallest absolute Gasteiger partial charge is 0.145 e. The Balaban J connectivity index is 2.77. The lowest BCUT2D eigenvalue weighted by molar-refractivity contribution is 1.06. The van der Waals surface area contributed by atoms with E-state index in [4.69, 9.17) is 23.2 Å². The van der Waals surface area contributed by atoms with Gasteiger partial charge in [-0.25, -0.2) is 9.97 Å². The molecule has 1 aromatic heterocycles. The Hall–Kier alpha value is -0.130. The van der Waals surface area contributed by atoms with Gasteiger partial charge in [-0.3, -0.25) is 0 Å². The summed E-state index contributed by atoms with van der Waals surface area (Å²) in [6.45, 7) is 0. The van der Waals surface area contributed by atoms with Crippen LogP contribution in [0.5, 0.6) is 0 Å². The molecule has 14 heavy (non-hydrogen) atoms. The van der Waals surface area contributed by atoms with Gasteiger partial charge < -0.3 is 0 Å². The van der Waals surface area contributed by atoms with E-state index in [0.29, 0.717) is 11.0 Å². The van der Waals surface area contributed by atoms with E-state index in [1.54, 1.807) is 0 Å². The zero-order chi connectivity index (χ0) is 10.1. The second-order valence-electron chi connectivity index (χ2n) is 2.73. The van der Waals surface area contributed by atoms with Crippen LogP contribution < -0.4 is 0 Å². The SMILES string of the molecule is ClCc1nc(Cl)c2ccc(I)cc2n1. The van der Waals surface area contributed by atoms with E-state index in [1.165, 1.54) is 0 Å². The second kappa shape index (κ2) is 4.16. The third kappa shape index (κ3) is 1.94. The molecule has 0 aliphatic heterocycles. The van der Waals surface area contributed by atoms with E-state index in [1.807, 2.05) is 18.2 Å². The number of benzene rings is 1. The molecule has 5 heteroatoms. The van der Waals surface area contributed by atoms with E-state index in [-0.39, 0.29) is 5.88 Å². The van der Waals surface area contributed by atoms with Crippen LogP contribution in [0.15, 0.2) is 18.2 Å². The standard InChI is InChI=1S/C9H5Cl2IN2/c10-4-8-13-7-3-5(12)1-2-6(7)9(11)14-8/h1-3H,4H2. The summed E-state index contributed by atoms with van der Waals surface area (Å²) >= 11 is 13.9. The minimum Gasteiger partial charge on any atom is -0.231 e. The Kier molecular flexibility index (Phi) is 3.09. The quantitative estimate of drug-likeness (QED) is 0.451. The van der Waals surface area contributed by atoms with Gasteiger partial charge in [0.15, 0.2) is 0 Å². The van der Waals surface area contributed by atoms with Gasteiger partial charge in [0.1, 0.15) is 11.0 Å². The van der Waals surface area contributed by atoms with Crippen LogP contribution in [0.4, 0.5) is 0 Å². The van der Waals surface area contributed by atoms with E-state index in [2.05, 4.69) is 32.6 Å². The highest BCUT2D eigenvalue weighted by Gasteiger charge is 2.05. The molecule has 0 fully saturated rings. The molecule has 0 saturated heterocycles. The second-order valence-corrected chi connectivity index (χ2v) is 4.60. The first-order chi connectivity index (χ1) is 6.70. The third-order valence-corrected chi connectivity index (χ3v) is 2.98. The summed E-state index contributed by atoms with van der Waals surface area (Å²) in [6, 6.07) is 5.84. The van der Waals surface area contributed by atoms with E-state index >= 15 is 0 Å². The van der Waals surface area contributed by atoms with Crippen LogP contribution in [0.3, 0.4) is 0 Å².